The predicted octanol–water partition coefficient (Wildman–Crippen LogP) is 2.79. The predicted molar refractivity (Wildman–Crippen MR) is 125 cm³/mol. The Morgan fingerprint density at radius 2 is 2.21 bits per heavy atom. The molecule has 0 amide bonds. The van der Waals surface area contributed by atoms with Crippen molar-refractivity contribution in [3.63, 3.8) is 0 Å². The van der Waals surface area contributed by atoms with Crippen molar-refractivity contribution in [1.29, 1.82) is 0 Å². The number of benzene rings is 1. The summed E-state index contributed by atoms with van der Waals surface area (Å²) in [6.45, 7) is 2.65. The fraction of sp³-hybridized carbons (Fsp3) is 0.458. The molecule has 2 aromatic heterocycles. The van der Waals surface area contributed by atoms with Crippen LogP contribution < -0.4 is 5.69 Å². The summed E-state index contributed by atoms with van der Waals surface area (Å²) in [7, 11) is 0. The van der Waals surface area contributed by atoms with Crippen molar-refractivity contribution in [1.82, 2.24) is 29.8 Å². The number of unbranched alkanes of at least 4 members (excludes halogenated alkanes) is 1. The first-order chi connectivity index (χ1) is 16.1. The number of H-pyrrole nitrogens is 1. The standard InChI is InChI=1S/C24H29N7O2/c1-2-3-7-19-15-30(20-8-9-21(20)32)23(33)31(19)16-24(10-12-25-13-11-24)18-6-4-5-17(14-18)22-26-28-29-27-22/h4-6,10,12-15,20-21,32H,2-3,7-9,11,16H2,1H3,(H,26,27,28,29). The fourth-order valence-electron chi connectivity index (χ4n) is 4.79. The molecule has 0 radical (unpaired) electrons. The lowest BCUT2D eigenvalue weighted by atomic mass is 9.76. The van der Waals surface area contributed by atoms with Crippen LogP contribution in [0.2, 0.25) is 0 Å². The molecular weight excluding hydrogens is 418 g/mol. The lowest BCUT2D eigenvalue weighted by molar-refractivity contribution is 0.0296. The molecule has 2 N–H and O–H groups in total. The zero-order valence-electron chi connectivity index (χ0n) is 18.8. The van der Waals surface area contributed by atoms with Gasteiger partial charge in [-0.15, -0.1) is 10.2 Å². The zero-order valence-corrected chi connectivity index (χ0v) is 18.8. The number of hydrogen-bond donors (Lipinski definition) is 2. The number of aryl methyl sites for hydroxylation is 1. The van der Waals surface area contributed by atoms with Crippen molar-refractivity contribution < 1.29 is 5.11 Å². The Hall–Kier alpha value is -3.33. The average Bonchev–Trinajstić information content (AvgIpc) is 3.48. The molecule has 1 saturated carbocycles. The third kappa shape index (κ3) is 3.97. The van der Waals surface area contributed by atoms with Crippen LogP contribution in [0, 0.1) is 0 Å². The number of rotatable bonds is 8. The van der Waals surface area contributed by atoms with Gasteiger partial charge in [-0.1, -0.05) is 37.6 Å². The van der Waals surface area contributed by atoms with Gasteiger partial charge in [0.05, 0.1) is 12.1 Å². The molecule has 172 valence electrons. The largest absolute Gasteiger partial charge is 0.391 e. The number of nitrogens with zero attached hydrogens (tertiary/aromatic N) is 6. The first kappa shape index (κ1) is 21.5. The number of aromatic nitrogens is 6. The Morgan fingerprint density at radius 3 is 2.88 bits per heavy atom. The van der Waals surface area contributed by atoms with Gasteiger partial charge in [0.25, 0.3) is 0 Å². The Balaban J connectivity index is 1.57. The maximum Gasteiger partial charge on any atom is 0.328 e. The van der Waals surface area contributed by atoms with Crippen molar-refractivity contribution in [2.45, 2.75) is 69.6 Å². The molecule has 1 aromatic carbocycles. The van der Waals surface area contributed by atoms with Crippen LogP contribution >= 0.6 is 0 Å². The lowest BCUT2D eigenvalue weighted by Crippen LogP contribution is -2.41. The topological polar surface area (TPSA) is 114 Å². The quantitative estimate of drug-likeness (QED) is 0.551. The minimum atomic E-state index is -0.445. The summed E-state index contributed by atoms with van der Waals surface area (Å²) in [6, 6.07) is 7.96. The average molecular weight is 448 g/mol. The van der Waals surface area contributed by atoms with Crippen molar-refractivity contribution in [3.05, 3.63) is 64.5 Å². The van der Waals surface area contributed by atoms with Crippen LogP contribution in [0.5, 0.6) is 0 Å². The summed E-state index contributed by atoms with van der Waals surface area (Å²) in [5.41, 5.74) is 2.47. The highest BCUT2D eigenvalue weighted by molar-refractivity contribution is 5.65. The smallest absolute Gasteiger partial charge is 0.328 e. The van der Waals surface area contributed by atoms with E-state index in [-0.39, 0.29) is 11.7 Å². The molecule has 33 heavy (non-hydrogen) atoms. The van der Waals surface area contributed by atoms with Gasteiger partial charge in [-0.2, -0.15) is 5.21 Å². The van der Waals surface area contributed by atoms with Gasteiger partial charge in [-0.25, -0.2) is 4.79 Å². The van der Waals surface area contributed by atoms with E-state index >= 15 is 0 Å². The summed E-state index contributed by atoms with van der Waals surface area (Å²) in [5, 5.41) is 24.6. The number of aliphatic hydroxyl groups is 1. The molecule has 5 rings (SSSR count). The van der Waals surface area contributed by atoms with Crippen molar-refractivity contribution in [2.24, 2.45) is 4.99 Å². The van der Waals surface area contributed by atoms with Crippen LogP contribution in [-0.2, 0) is 18.4 Å². The van der Waals surface area contributed by atoms with Gasteiger partial charge in [0.1, 0.15) is 0 Å². The molecule has 3 aromatic rings. The SMILES string of the molecule is CCCCc1cn(C2CCC2O)c(=O)n1CC1(c2cccc(-c3nn[nH]n3)c2)C=CN=CC1. The van der Waals surface area contributed by atoms with E-state index in [1.807, 2.05) is 35.3 Å². The van der Waals surface area contributed by atoms with Crippen molar-refractivity contribution in [2.75, 3.05) is 0 Å². The number of hydrogen-bond acceptors (Lipinski definition) is 6. The summed E-state index contributed by atoms with van der Waals surface area (Å²) in [6.07, 6.45) is 12.5. The Kier molecular flexibility index (Phi) is 5.80. The molecule has 3 unspecified atom stereocenters. The number of nitrogens with one attached hydrogen (secondary N) is 1. The summed E-state index contributed by atoms with van der Waals surface area (Å²) in [4.78, 5) is 17.9. The van der Waals surface area contributed by atoms with Crippen LogP contribution in [-0.4, -0.2) is 47.2 Å². The molecule has 0 bridgehead atoms. The zero-order chi connectivity index (χ0) is 22.8. The second kappa shape index (κ2) is 8.90. The highest BCUT2D eigenvalue weighted by Crippen LogP contribution is 2.36. The number of imidazole rings is 1. The molecule has 1 aliphatic heterocycles. The Morgan fingerprint density at radius 1 is 1.30 bits per heavy atom. The Bertz CT molecular complexity index is 1220. The third-order valence-corrected chi connectivity index (χ3v) is 6.95. The highest BCUT2D eigenvalue weighted by Gasteiger charge is 2.36. The maximum atomic E-state index is 13.6. The van der Waals surface area contributed by atoms with E-state index in [1.54, 1.807) is 4.57 Å². The van der Waals surface area contributed by atoms with Gasteiger partial charge in [0, 0.05) is 41.8 Å². The summed E-state index contributed by atoms with van der Waals surface area (Å²) >= 11 is 0. The molecule has 0 saturated heterocycles. The van der Waals surface area contributed by atoms with E-state index in [4.69, 9.17) is 0 Å². The molecule has 1 fully saturated rings. The molecule has 0 spiro atoms. The van der Waals surface area contributed by atoms with E-state index in [1.165, 1.54) is 0 Å². The van der Waals surface area contributed by atoms with Gasteiger partial charge in [0.15, 0.2) is 0 Å². The van der Waals surface area contributed by atoms with E-state index in [2.05, 4.69) is 50.7 Å². The number of aliphatic hydroxyl groups excluding tert-OH is 1. The Labute approximate surface area is 191 Å². The van der Waals surface area contributed by atoms with Crippen LogP contribution in [0.3, 0.4) is 0 Å². The second-order valence-electron chi connectivity index (χ2n) is 9.04. The van der Waals surface area contributed by atoms with E-state index in [0.29, 0.717) is 18.8 Å². The molecule has 3 heterocycles. The van der Waals surface area contributed by atoms with Gasteiger partial charge >= 0.3 is 5.69 Å². The number of aliphatic imine (C=N–C) groups is 1. The van der Waals surface area contributed by atoms with Crippen LogP contribution in [0.15, 0.2) is 52.5 Å². The normalized spacial score (nSPS) is 24.2. The first-order valence-corrected chi connectivity index (χ1v) is 11.6. The molecule has 9 nitrogen and oxygen atoms in total. The van der Waals surface area contributed by atoms with Gasteiger partial charge < -0.3 is 5.11 Å². The first-order valence-electron chi connectivity index (χ1n) is 11.6. The fourth-order valence-corrected chi connectivity index (χ4v) is 4.79. The highest BCUT2D eigenvalue weighted by atomic mass is 16.3. The van der Waals surface area contributed by atoms with E-state index in [9.17, 15) is 9.90 Å². The third-order valence-electron chi connectivity index (χ3n) is 6.95. The second-order valence-corrected chi connectivity index (χ2v) is 9.04. The molecule has 1 aliphatic carbocycles. The number of allylic oxidation sites excluding steroid dienone is 1. The van der Waals surface area contributed by atoms with Crippen molar-refractivity contribution >= 4 is 6.21 Å². The van der Waals surface area contributed by atoms with Gasteiger partial charge in [0.2, 0.25) is 5.82 Å². The van der Waals surface area contributed by atoms with E-state index < -0.39 is 11.5 Å². The van der Waals surface area contributed by atoms with Gasteiger partial charge in [-0.05, 0) is 48.9 Å². The van der Waals surface area contributed by atoms with Crippen LogP contribution in [0.25, 0.3) is 11.4 Å². The van der Waals surface area contributed by atoms with Crippen molar-refractivity contribution in [3.8, 4) is 11.4 Å². The minimum Gasteiger partial charge on any atom is -0.391 e. The lowest BCUT2D eigenvalue weighted by Gasteiger charge is -2.33. The monoisotopic (exact) mass is 447 g/mol. The molecule has 3 atom stereocenters. The molecule has 9 heteroatoms. The summed E-state index contributed by atoms with van der Waals surface area (Å²) < 4.78 is 3.66. The molecule has 2 aliphatic rings. The van der Waals surface area contributed by atoms with Gasteiger partial charge in [-0.3, -0.25) is 14.1 Å². The maximum absolute atomic E-state index is 13.6. The minimum absolute atomic E-state index is 0.0468. The number of tetrazole rings is 1. The van der Waals surface area contributed by atoms with Crippen LogP contribution in [0.1, 0.15) is 56.3 Å². The molecular formula is C24H29N7O2. The van der Waals surface area contributed by atoms with Crippen LogP contribution in [0.4, 0.5) is 0 Å². The number of aromatic amines is 1. The summed E-state index contributed by atoms with van der Waals surface area (Å²) in [5.74, 6) is 0.534. The van der Waals surface area contributed by atoms with E-state index in [0.717, 1.165) is 48.9 Å².